The van der Waals surface area contributed by atoms with Crippen LogP contribution in [0.15, 0.2) is 40.7 Å². The first kappa shape index (κ1) is 22.3. The van der Waals surface area contributed by atoms with Crippen LogP contribution in [-0.2, 0) is 6.42 Å². The highest BCUT2D eigenvalue weighted by molar-refractivity contribution is 7.14. The van der Waals surface area contributed by atoms with Crippen LogP contribution < -0.4 is 25.0 Å². The zero-order chi connectivity index (χ0) is 21.2. The van der Waals surface area contributed by atoms with Gasteiger partial charge < -0.3 is 25.0 Å². The van der Waals surface area contributed by atoms with Crippen LogP contribution in [0.5, 0.6) is 11.5 Å². The maximum absolute atomic E-state index is 5.39. The molecule has 6 nitrogen and oxygen atoms in total. The van der Waals surface area contributed by atoms with E-state index in [1.807, 2.05) is 23.5 Å². The van der Waals surface area contributed by atoms with Gasteiger partial charge in [-0.2, -0.15) is 0 Å². The van der Waals surface area contributed by atoms with E-state index in [4.69, 9.17) is 14.5 Å². The first-order chi connectivity index (χ1) is 14.7. The Hall–Kier alpha value is -2.41. The Labute approximate surface area is 184 Å². The van der Waals surface area contributed by atoms with Crippen molar-refractivity contribution in [3.63, 3.8) is 0 Å². The number of hydrogen-bond acceptors (Lipinski definition) is 5. The summed E-state index contributed by atoms with van der Waals surface area (Å²) in [6.45, 7) is 5.96. The van der Waals surface area contributed by atoms with Gasteiger partial charge in [0.25, 0.3) is 0 Å². The van der Waals surface area contributed by atoms with Gasteiger partial charge in [0.05, 0.1) is 19.2 Å². The average Bonchev–Trinajstić information content (AvgIpc) is 3.32. The summed E-state index contributed by atoms with van der Waals surface area (Å²) in [7, 11) is 3.33. The monoisotopic (exact) mass is 430 g/mol. The molecule has 1 saturated heterocycles. The fraction of sp³-hybridized carbons (Fsp3) is 0.522. The fourth-order valence-corrected chi connectivity index (χ4v) is 4.50. The predicted molar refractivity (Wildman–Crippen MR) is 127 cm³/mol. The van der Waals surface area contributed by atoms with Crippen molar-refractivity contribution in [2.45, 2.75) is 38.6 Å². The van der Waals surface area contributed by atoms with Crippen molar-refractivity contribution in [3.05, 3.63) is 41.3 Å². The molecule has 1 aliphatic rings. The lowest BCUT2D eigenvalue weighted by atomic mass is 10.1. The number of rotatable bonds is 9. The summed E-state index contributed by atoms with van der Waals surface area (Å²) in [5.74, 6) is 2.48. The minimum atomic E-state index is 0.477. The molecule has 0 aliphatic carbocycles. The van der Waals surface area contributed by atoms with Crippen LogP contribution in [0.25, 0.3) is 0 Å². The molecule has 2 N–H and O–H groups in total. The van der Waals surface area contributed by atoms with Crippen LogP contribution in [0.2, 0.25) is 0 Å². The second kappa shape index (κ2) is 11.7. The van der Waals surface area contributed by atoms with Crippen LogP contribution >= 0.6 is 11.3 Å². The van der Waals surface area contributed by atoms with Crippen LogP contribution in [0.4, 0.5) is 5.00 Å². The minimum Gasteiger partial charge on any atom is -0.493 e. The summed E-state index contributed by atoms with van der Waals surface area (Å²) in [5.41, 5.74) is 1.24. The molecule has 3 rings (SSSR count). The third-order valence-corrected chi connectivity index (χ3v) is 6.27. The van der Waals surface area contributed by atoms with Gasteiger partial charge in [0.2, 0.25) is 0 Å². The van der Waals surface area contributed by atoms with E-state index < -0.39 is 0 Å². The van der Waals surface area contributed by atoms with E-state index in [1.54, 1.807) is 14.2 Å². The molecule has 164 valence electrons. The maximum atomic E-state index is 5.39. The summed E-state index contributed by atoms with van der Waals surface area (Å²) >= 11 is 1.82. The van der Waals surface area contributed by atoms with Gasteiger partial charge in [-0.1, -0.05) is 6.07 Å². The number of nitrogens with zero attached hydrogens (tertiary/aromatic N) is 2. The number of piperidine rings is 1. The molecule has 0 amide bonds. The number of thiophene rings is 1. The van der Waals surface area contributed by atoms with Gasteiger partial charge in [-0.3, -0.25) is 4.99 Å². The Morgan fingerprint density at radius 3 is 2.63 bits per heavy atom. The summed E-state index contributed by atoms with van der Waals surface area (Å²) in [5, 5.41) is 10.6. The van der Waals surface area contributed by atoms with Crippen LogP contribution in [0.1, 0.15) is 31.7 Å². The number of benzene rings is 1. The van der Waals surface area contributed by atoms with Crippen LogP contribution in [-0.4, -0.2) is 52.4 Å². The molecule has 2 aromatic rings. The first-order valence-electron chi connectivity index (χ1n) is 10.8. The van der Waals surface area contributed by atoms with Gasteiger partial charge in [0, 0.05) is 32.2 Å². The Morgan fingerprint density at radius 2 is 1.97 bits per heavy atom. The normalized spacial score (nSPS) is 15.2. The molecule has 0 atom stereocenters. The number of guanidine groups is 1. The van der Waals surface area contributed by atoms with Gasteiger partial charge in [0.15, 0.2) is 17.5 Å². The van der Waals surface area contributed by atoms with Crippen molar-refractivity contribution in [1.82, 2.24) is 10.6 Å². The quantitative estimate of drug-likeness (QED) is 0.359. The lowest BCUT2D eigenvalue weighted by Gasteiger charge is -2.33. The van der Waals surface area contributed by atoms with Gasteiger partial charge in [-0.05, 0) is 67.8 Å². The topological polar surface area (TPSA) is 58.1 Å². The Balaban J connectivity index is 1.45. The highest BCUT2D eigenvalue weighted by Gasteiger charge is 2.20. The van der Waals surface area contributed by atoms with Crippen molar-refractivity contribution in [1.29, 1.82) is 0 Å². The molecule has 1 aliphatic heterocycles. The molecule has 30 heavy (non-hydrogen) atoms. The summed E-state index contributed by atoms with van der Waals surface area (Å²) in [6, 6.07) is 10.9. The Bertz CT molecular complexity index is 787. The number of ether oxygens (including phenoxy) is 2. The van der Waals surface area contributed by atoms with E-state index in [0.717, 1.165) is 69.3 Å². The third kappa shape index (κ3) is 6.29. The molecule has 7 heteroatoms. The molecule has 2 heterocycles. The number of aryl methyl sites for hydroxylation is 1. The van der Waals surface area contributed by atoms with Gasteiger partial charge in [-0.25, -0.2) is 0 Å². The molecular formula is C23H34N4O2S. The molecule has 0 bridgehead atoms. The number of aliphatic imine (C=N–C) groups is 1. The molecule has 0 radical (unpaired) electrons. The van der Waals surface area contributed by atoms with Crippen molar-refractivity contribution in [2.75, 3.05) is 45.3 Å². The summed E-state index contributed by atoms with van der Waals surface area (Å²) in [6.07, 6.45) is 4.22. The number of anilines is 1. The van der Waals surface area contributed by atoms with E-state index in [0.29, 0.717) is 6.04 Å². The maximum Gasteiger partial charge on any atom is 0.191 e. The van der Waals surface area contributed by atoms with Crippen molar-refractivity contribution >= 4 is 22.3 Å². The highest BCUT2D eigenvalue weighted by Crippen LogP contribution is 2.28. The van der Waals surface area contributed by atoms with Gasteiger partial charge in [0.1, 0.15) is 0 Å². The zero-order valence-electron chi connectivity index (χ0n) is 18.3. The minimum absolute atomic E-state index is 0.477. The Morgan fingerprint density at radius 1 is 1.17 bits per heavy atom. The van der Waals surface area contributed by atoms with Crippen molar-refractivity contribution in [2.24, 2.45) is 4.99 Å². The van der Waals surface area contributed by atoms with Crippen molar-refractivity contribution < 1.29 is 9.47 Å². The third-order valence-electron chi connectivity index (χ3n) is 5.34. The van der Waals surface area contributed by atoms with E-state index >= 15 is 0 Å². The molecule has 0 saturated carbocycles. The SMILES string of the molecule is CCNC(=NCCCc1ccc(OC)c(OC)c1)NC1CCN(c2cccs2)CC1. The van der Waals surface area contributed by atoms with E-state index in [1.165, 1.54) is 10.6 Å². The Kier molecular flexibility index (Phi) is 8.68. The molecule has 0 spiro atoms. The lowest BCUT2D eigenvalue weighted by Crippen LogP contribution is -2.48. The number of methoxy groups -OCH3 is 2. The second-order valence-corrected chi connectivity index (χ2v) is 8.34. The van der Waals surface area contributed by atoms with Crippen molar-refractivity contribution in [3.8, 4) is 11.5 Å². The molecule has 1 fully saturated rings. The van der Waals surface area contributed by atoms with Gasteiger partial charge in [-0.15, -0.1) is 11.3 Å². The van der Waals surface area contributed by atoms with Gasteiger partial charge >= 0.3 is 0 Å². The standard InChI is InChI=1S/C23H34N4O2S/c1-4-24-23(26-19-11-14-27(15-12-19)22-8-6-16-30-22)25-13-5-7-18-9-10-20(28-2)21(17-18)29-3/h6,8-10,16-17,19H,4-5,7,11-15H2,1-3H3,(H2,24,25,26). The van der Waals surface area contributed by atoms with Crippen LogP contribution in [0.3, 0.4) is 0 Å². The summed E-state index contributed by atoms with van der Waals surface area (Å²) in [4.78, 5) is 7.28. The second-order valence-electron chi connectivity index (χ2n) is 7.41. The number of nitrogens with one attached hydrogen (secondary N) is 2. The predicted octanol–water partition coefficient (Wildman–Crippen LogP) is 3.92. The van der Waals surface area contributed by atoms with Crippen LogP contribution in [0, 0.1) is 0 Å². The number of hydrogen-bond donors (Lipinski definition) is 2. The molecular weight excluding hydrogens is 396 g/mol. The molecule has 1 aromatic heterocycles. The fourth-order valence-electron chi connectivity index (χ4n) is 3.72. The summed E-state index contributed by atoms with van der Waals surface area (Å²) < 4.78 is 10.7. The van der Waals surface area contributed by atoms with E-state index in [9.17, 15) is 0 Å². The first-order valence-corrected chi connectivity index (χ1v) is 11.7. The molecule has 0 unspecified atom stereocenters. The zero-order valence-corrected chi connectivity index (χ0v) is 19.1. The smallest absolute Gasteiger partial charge is 0.191 e. The molecule has 1 aromatic carbocycles. The largest absolute Gasteiger partial charge is 0.493 e. The van der Waals surface area contributed by atoms with E-state index in [-0.39, 0.29) is 0 Å². The lowest BCUT2D eigenvalue weighted by molar-refractivity contribution is 0.354. The van der Waals surface area contributed by atoms with E-state index in [2.05, 4.69) is 46.0 Å². The average molecular weight is 431 g/mol. The highest BCUT2D eigenvalue weighted by atomic mass is 32.1.